The van der Waals surface area contributed by atoms with Crippen LogP contribution in [0, 0.1) is 17.8 Å². The second-order valence-corrected chi connectivity index (χ2v) is 7.03. The smallest absolute Gasteiger partial charge is 0.337 e. The Morgan fingerprint density at radius 2 is 2.09 bits per heavy atom. The highest BCUT2D eigenvalue weighted by Crippen LogP contribution is 2.21. The molecular weight excluding hydrogens is 312 g/mol. The Kier molecular flexibility index (Phi) is 4.71. The van der Waals surface area contributed by atoms with Crippen molar-refractivity contribution in [3.05, 3.63) is 28.6 Å². The fourth-order valence-corrected chi connectivity index (χ4v) is 2.97. The second-order valence-electron chi connectivity index (χ2n) is 6.02. The number of hydrogen-bond acceptors (Lipinski definition) is 4. The van der Waals surface area contributed by atoms with Gasteiger partial charge in [0.2, 0.25) is 0 Å². The molecule has 6 heteroatoms. The van der Waals surface area contributed by atoms with E-state index in [1.165, 1.54) is 18.4 Å². The molecule has 0 saturated heterocycles. The van der Waals surface area contributed by atoms with E-state index in [2.05, 4.69) is 10.9 Å². The van der Waals surface area contributed by atoms with Gasteiger partial charge in [0.1, 0.15) is 0 Å². The van der Waals surface area contributed by atoms with Gasteiger partial charge in [-0.1, -0.05) is 38.0 Å². The summed E-state index contributed by atoms with van der Waals surface area (Å²) in [7, 11) is 1.34. The van der Waals surface area contributed by atoms with Gasteiger partial charge in [-0.3, -0.25) is 4.79 Å². The number of thiazole rings is 1. The molecule has 0 N–H and O–H groups in total. The molecule has 0 aliphatic rings. The minimum Gasteiger partial charge on any atom is -0.465 e. The number of nitrogens with zero attached hydrogens (tertiary/aromatic N) is 2. The highest BCUT2D eigenvalue weighted by Gasteiger charge is 2.21. The lowest BCUT2D eigenvalue weighted by Crippen LogP contribution is -2.23. The average Bonchev–Trinajstić information content (AvgIpc) is 2.82. The van der Waals surface area contributed by atoms with E-state index in [9.17, 15) is 9.59 Å². The Labute approximate surface area is 138 Å². The van der Waals surface area contributed by atoms with Gasteiger partial charge in [0.05, 0.1) is 29.4 Å². The first-order valence-electron chi connectivity index (χ1n) is 7.02. The van der Waals surface area contributed by atoms with Crippen molar-refractivity contribution in [3.63, 3.8) is 0 Å². The largest absolute Gasteiger partial charge is 0.465 e. The topological polar surface area (TPSA) is 60.7 Å². The summed E-state index contributed by atoms with van der Waals surface area (Å²) < 4.78 is 7.35. The van der Waals surface area contributed by atoms with Gasteiger partial charge in [-0.2, -0.15) is 4.99 Å². The van der Waals surface area contributed by atoms with Crippen LogP contribution in [0.25, 0.3) is 10.2 Å². The van der Waals surface area contributed by atoms with Crippen molar-refractivity contribution in [2.24, 2.45) is 10.4 Å². The highest BCUT2D eigenvalue weighted by molar-refractivity contribution is 7.16. The van der Waals surface area contributed by atoms with Crippen LogP contribution in [0.2, 0.25) is 0 Å². The van der Waals surface area contributed by atoms with Gasteiger partial charge in [-0.05, 0) is 18.2 Å². The summed E-state index contributed by atoms with van der Waals surface area (Å²) in [6, 6.07) is 5.18. The van der Waals surface area contributed by atoms with Crippen molar-refractivity contribution in [2.75, 3.05) is 7.11 Å². The normalized spacial score (nSPS) is 12.2. The maximum atomic E-state index is 12.2. The number of carbonyl (C=O) groups excluding carboxylic acids is 2. The van der Waals surface area contributed by atoms with E-state index >= 15 is 0 Å². The predicted octanol–water partition coefficient (Wildman–Crippen LogP) is 2.60. The number of esters is 1. The van der Waals surface area contributed by atoms with Crippen molar-refractivity contribution in [1.29, 1.82) is 0 Å². The van der Waals surface area contributed by atoms with E-state index in [4.69, 9.17) is 11.2 Å². The summed E-state index contributed by atoms with van der Waals surface area (Å²) in [4.78, 5) is 28.6. The minimum atomic E-state index is -0.568. The van der Waals surface area contributed by atoms with Crippen molar-refractivity contribution < 1.29 is 14.3 Å². The Balaban J connectivity index is 2.68. The number of ether oxygens (including phenoxy) is 1. The second kappa shape index (κ2) is 6.39. The number of aromatic nitrogens is 1. The van der Waals surface area contributed by atoms with Crippen LogP contribution >= 0.6 is 11.3 Å². The molecule has 23 heavy (non-hydrogen) atoms. The zero-order chi connectivity index (χ0) is 17.2. The molecule has 120 valence electrons. The first kappa shape index (κ1) is 17.0. The molecule has 5 nitrogen and oxygen atoms in total. The molecule has 0 aliphatic carbocycles. The summed E-state index contributed by atoms with van der Waals surface area (Å²) in [6.45, 7) is 5.74. The molecule has 0 radical (unpaired) electrons. The molecule has 0 fully saturated rings. The minimum absolute atomic E-state index is 0.219. The van der Waals surface area contributed by atoms with Gasteiger partial charge in [-0.15, -0.1) is 6.42 Å². The summed E-state index contributed by atoms with van der Waals surface area (Å²) >= 11 is 1.32. The maximum Gasteiger partial charge on any atom is 0.337 e. The van der Waals surface area contributed by atoms with Crippen LogP contribution in [0.3, 0.4) is 0 Å². The van der Waals surface area contributed by atoms with Crippen molar-refractivity contribution in [3.8, 4) is 12.3 Å². The van der Waals surface area contributed by atoms with E-state index in [0.717, 1.165) is 10.2 Å². The molecule has 0 aliphatic heterocycles. The third-order valence-corrected chi connectivity index (χ3v) is 4.23. The zero-order valence-electron chi connectivity index (χ0n) is 13.5. The standard InChI is InChI=1S/C17H18N2O3S/c1-6-9-19-12-8-7-11(14(20)22-5)10-13(12)23-16(19)18-15(21)17(2,3)4/h1,7-8,10H,9H2,2-5H3. The van der Waals surface area contributed by atoms with E-state index < -0.39 is 11.4 Å². The van der Waals surface area contributed by atoms with Crippen molar-refractivity contribution in [1.82, 2.24) is 4.57 Å². The molecule has 0 saturated carbocycles. The predicted molar refractivity (Wildman–Crippen MR) is 90.0 cm³/mol. The summed E-state index contributed by atoms with van der Waals surface area (Å²) in [6.07, 6.45) is 5.43. The molecule has 1 aromatic carbocycles. The zero-order valence-corrected chi connectivity index (χ0v) is 14.4. The fraction of sp³-hybridized carbons (Fsp3) is 0.353. The lowest BCUT2D eigenvalue weighted by Gasteiger charge is -2.11. The van der Waals surface area contributed by atoms with Gasteiger partial charge in [-0.25, -0.2) is 4.79 Å². The molecule has 1 heterocycles. The molecule has 0 spiro atoms. The van der Waals surface area contributed by atoms with E-state index in [1.807, 2.05) is 20.8 Å². The quantitative estimate of drug-likeness (QED) is 0.628. The maximum absolute atomic E-state index is 12.2. The first-order valence-corrected chi connectivity index (χ1v) is 7.84. The molecule has 2 aromatic rings. The van der Waals surface area contributed by atoms with Crippen LogP contribution in [0.4, 0.5) is 0 Å². The van der Waals surface area contributed by atoms with Crippen molar-refractivity contribution >= 4 is 33.4 Å². The van der Waals surface area contributed by atoms with Crippen LogP contribution in [0.5, 0.6) is 0 Å². The molecular formula is C17H18N2O3S. The van der Waals surface area contributed by atoms with Crippen LogP contribution in [-0.2, 0) is 16.1 Å². The van der Waals surface area contributed by atoms with Gasteiger partial charge < -0.3 is 9.30 Å². The monoisotopic (exact) mass is 330 g/mol. The number of hydrogen-bond donors (Lipinski definition) is 0. The number of rotatable bonds is 2. The first-order chi connectivity index (χ1) is 10.8. The lowest BCUT2D eigenvalue weighted by molar-refractivity contribution is -0.125. The van der Waals surface area contributed by atoms with Crippen LogP contribution < -0.4 is 4.80 Å². The Morgan fingerprint density at radius 3 is 2.65 bits per heavy atom. The Bertz CT molecular complexity index is 876. The molecule has 0 bridgehead atoms. The lowest BCUT2D eigenvalue weighted by atomic mass is 9.96. The van der Waals surface area contributed by atoms with Gasteiger partial charge in [0, 0.05) is 5.41 Å². The number of amides is 1. The molecule has 2 rings (SSSR count). The van der Waals surface area contributed by atoms with Crippen molar-refractivity contribution in [2.45, 2.75) is 27.3 Å². The van der Waals surface area contributed by atoms with Crippen LogP contribution in [-0.4, -0.2) is 23.6 Å². The average molecular weight is 330 g/mol. The molecule has 1 aromatic heterocycles. The number of methoxy groups -OCH3 is 1. The van der Waals surface area contributed by atoms with Gasteiger partial charge in [0.15, 0.2) is 4.80 Å². The summed E-state index contributed by atoms with van der Waals surface area (Å²) in [5.74, 6) is 1.94. The summed E-state index contributed by atoms with van der Waals surface area (Å²) in [5, 5.41) is 0. The SMILES string of the molecule is C#CCn1c(=NC(=O)C(C)(C)C)sc2cc(C(=O)OC)ccc21. The van der Waals surface area contributed by atoms with Crippen LogP contribution in [0.15, 0.2) is 23.2 Å². The Morgan fingerprint density at radius 1 is 1.39 bits per heavy atom. The number of terminal acetylenes is 1. The van der Waals surface area contributed by atoms with Crippen LogP contribution in [0.1, 0.15) is 31.1 Å². The Hall–Kier alpha value is -2.39. The van der Waals surface area contributed by atoms with E-state index in [0.29, 0.717) is 16.9 Å². The van der Waals surface area contributed by atoms with E-state index in [1.54, 1.807) is 22.8 Å². The third kappa shape index (κ3) is 3.51. The number of carbonyl (C=O) groups is 2. The molecule has 1 amide bonds. The van der Waals surface area contributed by atoms with Gasteiger partial charge >= 0.3 is 5.97 Å². The molecule has 0 atom stereocenters. The number of fused-ring (bicyclic) bond motifs is 1. The fourth-order valence-electron chi connectivity index (χ4n) is 1.90. The summed E-state index contributed by atoms with van der Waals surface area (Å²) in [5.41, 5.74) is 0.713. The highest BCUT2D eigenvalue weighted by atomic mass is 32.1. The number of benzene rings is 1. The molecule has 0 unspecified atom stereocenters. The van der Waals surface area contributed by atoms with Gasteiger partial charge in [0.25, 0.3) is 5.91 Å². The third-order valence-electron chi connectivity index (χ3n) is 3.19. The van der Waals surface area contributed by atoms with E-state index in [-0.39, 0.29) is 5.91 Å².